The highest BCUT2D eigenvalue weighted by Crippen LogP contribution is 2.11. The monoisotopic (exact) mass is 158 g/mol. The van der Waals surface area contributed by atoms with Crippen molar-refractivity contribution >= 4 is 0 Å². The summed E-state index contributed by atoms with van der Waals surface area (Å²) >= 11 is 0. The van der Waals surface area contributed by atoms with Gasteiger partial charge >= 0.3 is 0 Å². The Kier molecular flexibility index (Phi) is 3.30. The largest absolute Gasteiger partial charge is 0.395 e. The lowest BCUT2D eigenvalue weighted by Gasteiger charge is -2.21. The number of rotatable bonds is 3. The average molecular weight is 158 g/mol. The second-order valence-corrected chi connectivity index (χ2v) is 3.30. The maximum atomic E-state index is 8.89. The normalized spacial score (nSPS) is 29.2. The summed E-state index contributed by atoms with van der Waals surface area (Å²) in [5.74, 6) is 0. The van der Waals surface area contributed by atoms with Crippen molar-refractivity contribution in [1.29, 1.82) is 0 Å². The molecule has 1 rings (SSSR count). The van der Waals surface area contributed by atoms with E-state index in [2.05, 4.69) is 17.1 Å². The van der Waals surface area contributed by atoms with Crippen molar-refractivity contribution in [2.75, 3.05) is 26.7 Å². The van der Waals surface area contributed by atoms with Gasteiger partial charge in [-0.2, -0.15) is 0 Å². The number of aliphatic hydroxyl groups excluding tert-OH is 1. The van der Waals surface area contributed by atoms with Crippen LogP contribution in [0.3, 0.4) is 0 Å². The van der Waals surface area contributed by atoms with E-state index in [1.54, 1.807) is 0 Å². The summed E-state index contributed by atoms with van der Waals surface area (Å²) in [5, 5.41) is 12.1. The Hall–Kier alpha value is -0.120. The summed E-state index contributed by atoms with van der Waals surface area (Å²) < 4.78 is 0. The number of nitrogens with one attached hydrogen (secondary N) is 1. The van der Waals surface area contributed by atoms with Gasteiger partial charge in [0.2, 0.25) is 0 Å². The first-order valence-electron chi connectivity index (χ1n) is 4.30. The molecule has 1 aliphatic rings. The molecule has 0 saturated carbocycles. The minimum Gasteiger partial charge on any atom is -0.395 e. The van der Waals surface area contributed by atoms with Crippen molar-refractivity contribution in [2.45, 2.75) is 25.4 Å². The molecule has 0 amide bonds. The minimum atomic E-state index is 0.274. The van der Waals surface area contributed by atoms with Crippen LogP contribution in [0.2, 0.25) is 0 Å². The smallest absolute Gasteiger partial charge is 0.0584 e. The molecular formula is C8H18N2O. The molecule has 11 heavy (non-hydrogen) atoms. The van der Waals surface area contributed by atoms with E-state index in [4.69, 9.17) is 5.11 Å². The van der Waals surface area contributed by atoms with E-state index < -0.39 is 0 Å². The molecule has 1 fully saturated rings. The van der Waals surface area contributed by atoms with E-state index in [1.807, 2.05) is 7.05 Å². The second-order valence-electron chi connectivity index (χ2n) is 3.30. The molecule has 2 atom stereocenters. The van der Waals surface area contributed by atoms with Crippen LogP contribution in [-0.4, -0.2) is 48.8 Å². The van der Waals surface area contributed by atoms with Crippen LogP contribution in [0.1, 0.15) is 13.3 Å². The quantitative estimate of drug-likeness (QED) is 0.590. The summed E-state index contributed by atoms with van der Waals surface area (Å²) in [6.07, 6.45) is 1.21. The van der Waals surface area contributed by atoms with Crippen LogP contribution >= 0.6 is 0 Å². The summed E-state index contributed by atoms with van der Waals surface area (Å²) in [6, 6.07) is 0.956. The second kappa shape index (κ2) is 4.04. The van der Waals surface area contributed by atoms with Gasteiger partial charge in [-0.05, 0) is 20.4 Å². The third-order valence-corrected chi connectivity index (χ3v) is 2.52. The summed E-state index contributed by atoms with van der Waals surface area (Å²) in [7, 11) is 2.00. The van der Waals surface area contributed by atoms with Gasteiger partial charge in [0, 0.05) is 25.2 Å². The van der Waals surface area contributed by atoms with Gasteiger partial charge in [-0.1, -0.05) is 0 Å². The molecule has 3 nitrogen and oxygen atoms in total. The molecule has 2 unspecified atom stereocenters. The van der Waals surface area contributed by atoms with E-state index in [1.165, 1.54) is 6.42 Å². The molecule has 0 aliphatic carbocycles. The predicted octanol–water partition coefficient (Wildman–Crippen LogP) is -0.339. The van der Waals surface area contributed by atoms with Crippen LogP contribution in [-0.2, 0) is 0 Å². The van der Waals surface area contributed by atoms with Crippen molar-refractivity contribution < 1.29 is 5.11 Å². The van der Waals surface area contributed by atoms with Crippen LogP contribution in [0.4, 0.5) is 0 Å². The highest BCUT2D eigenvalue weighted by molar-refractivity contribution is 4.82. The first-order valence-corrected chi connectivity index (χ1v) is 4.30. The number of hydrogen-bond acceptors (Lipinski definition) is 3. The molecule has 1 aliphatic heterocycles. The van der Waals surface area contributed by atoms with Gasteiger partial charge in [-0.3, -0.25) is 4.90 Å². The fraction of sp³-hybridized carbons (Fsp3) is 1.00. The van der Waals surface area contributed by atoms with Gasteiger partial charge in [0.25, 0.3) is 0 Å². The van der Waals surface area contributed by atoms with E-state index in [0.717, 1.165) is 13.1 Å². The van der Waals surface area contributed by atoms with Crippen LogP contribution in [0.5, 0.6) is 0 Å². The first-order chi connectivity index (χ1) is 5.27. The van der Waals surface area contributed by atoms with Crippen LogP contribution < -0.4 is 5.32 Å². The van der Waals surface area contributed by atoms with E-state index in [-0.39, 0.29) is 6.61 Å². The third-order valence-electron chi connectivity index (χ3n) is 2.52. The molecule has 1 saturated heterocycles. The molecule has 0 aromatic rings. The van der Waals surface area contributed by atoms with Gasteiger partial charge in [-0.25, -0.2) is 0 Å². The molecule has 1 heterocycles. The van der Waals surface area contributed by atoms with Crippen LogP contribution in [0.15, 0.2) is 0 Å². The Labute approximate surface area is 68.4 Å². The Balaban J connectivity index is 2.29. The van der Waals surface area contributed by atoms with Crippen molar-refractivity contribution in [3.63, 3.8) is 0 Å². The Bertz CT molecular complexity index is 119. The number of aliphatic hydroxyl groups is 1. The van der Waals surface area contributed by atoms with Gasteiger partial charge in [-0.15, -0.1) is 0 Å². The van der Waals surface area contributed by atoms with Gasteiger partial charge < -0.3 is 10.4 Å². The Morgan fingerprint density at radius 2 is 2.45 bits per heavy atom. The molecule has 0 aromatic carbocycles. The molecule has 0 aromatic heterocycles. The van der Waals surface area contributed by atoms with E-state index in [9.17, 15) is 0 Å². The fourth-order valence-corrected chi connectivity index (χ4v) is 1.54. The lowest BCUT2D eigenvalue weighted by atomic mass is 10.3. The SMILES string of the molecule is CNC1CCN(C(C)CO)C1. The zero-order valence-electron chi connectivity index (χ0n) is 7.38. The highest BCUT2D eigenvalue weighted by atomic mass is 16.3. The molecule has 0 bridgehead atoms. The number of nitrogens with zero attached hydrogens (tertiary/aromatic N) is 1. The summed E-state index contributed by atoms with van der Waals surface area (Å²) in [6.45, 7) is 4.54. The number of likely N-dealkylation sites (N-methyl/N-ethyl adjacent to an activating group) is 1. The topological polar surface area (TPSA) is 35.5 Å². The van der Waals surface area contributed by atoms with Crippen molar-refractivity contribution in [3.05, 3.63) is 0 Å². The lowest BCUT2D eigenvalue weighted by molar-refractivity contribution is 0.156. The van der Waals surface area contributed by atoms with Gasteiger partial charge in [0.05, 0.1) is 6.61 Å². The predicted molar refractivity (Wildman–Crippen MR) is 45.6 cm³/mol. The minimum absolute atomic E-state index is 0.274. The molecule has 0 radical (unpaired) electrons. The van der Waals surface area contributed by atoms with Crippen molar-refractivity contribution in [3.8, 4) is 0 Å². The molecular weight excluding hydrogens is 140 g/mol. The summed E-state index contributed by atoms with van der Waals surface area (Å²) in [4.78, 5) is 2.32. The molecule has 2 N–H and O–H groups in total. The highest BCUT2D eigenvalue weighted by Gasteiger charge is 2.23. The van der Waals surface area contributed by atoms with Crippen molar-refractivity contribution in [2.24, 2.45) is 0 Å². The maximum Gasteiger partial charge on any atom is 0.0584 e. The van der Waals surface area contributed by atoms with Gasteiger partial charge in [0.15, 0.2) is 0 Å². The van der Waals surface area contributed by atoms with Crippen LogP contribution in [0, 0.1) is 0 Å². The zero-order valence-corrected chi connectivity index (χ0v) is 7.38. The maximum absolute atomic E-state index is 8.89. The lowest BCUT2D eigenvalue weighted by Crippen LogP contribution is -2.36. The summed E-state index contributed by atoms with van der Waals surface area (Å²) in [5.41, 5.74) is 0. The Morgan fingerprint density at radius 3 is 2.91 bits per heavy atom. The van der Waals surface area contributed by atoms with Crippen molar-refractivity contribution in [1.82, 2.24) is 10.2 Å². The number of likely N-dealkylation sites (tertiary alicyclic amines) is 1. The number of hydrogen-bond donors (Lipinski definition) is 2. The van der Waals surface area contributed by atoms with E-state index in [0.29, 0.717) is 12.1 Å². The molecule has 0 spiro atoms. The molecule has 3 heteroatoms. The zero-order chi connectivity index (χ0) is 8.27. The first kappa shape index (κ1) is 8.97. The molecule has 66 valence electrons. The van der Waals surface area contributed by atoms with Crippen LogP contribution in [0.25, 0.3) is 0 Å². The fourth-order valence-electron chi connectivity index (χ4n) is 1.54. The van der Waals surface area contributed by atoms with E-state index >= 15 is 0 Å². The standard InChI is InChI=1S/C8H18N2O/c1-7(6-11)10-4-3-8(5-10)9-2/h7-9,11H,3-6H2,1-2H3. The Morgan fingerprint density at radius 1 is 1.73 bits per heavy atom. The third kappa shape index (κ3) is 2.15. The average Bonchev–Trinajstić information content (AvgIpc) is 2.50. The van der Waals surface area contributed by atoms with Gasteiger partial charge in [0.1, 0.15) is 0 Å².